The third kappa shape index (κ3) is 4.18. The van der Waals surface area contributed by atoms with Crippen molar-refractivity contribution in [3.63, 3.8) is 0 Å². The Kier molecular flexibility index (Phi) is 4.29. The van der Waals surface area contributed by atoms with E-state index in [9.17, 15) is 9.59 Å². The van der Waals surface area contributed by atoms with Crippen molar-refractivity contribution in [2.24, 2.45) is 5.41 Å². The number of hydrogen-bond donors (Lipinski definition) is 2. The maximum absolute atomic E-state index is 11.7. The van der Waals surface area contributed by atoms with Crippen molar-refractivity contribution in [3.05, 3.63) is 0 Å². The molecule has 0 aromatic carbocycles. The molecule has 0 aromatic rings. The molecule has 16 heavy (non-hydrogen) atoms. The van der Waals surface area contributed by atoms with Crippen molar-refractivity contribution in [1.29, 1.82) is 0 Å². The van der Waals surface area contributed by atoms with Crippen LogP contribution in [0.5, 0.6) is 0 Å². The Morgan fingerprint density at radius 1 is 1.25 bits per heavy atom. The van der Waals surface area contributed by atoms with Gasteiger partial charge in [0.1, 0.15) is 0 Å². The Hall–Kier alpha value is -1.10. The fourth-order valence-corrected chi connectivity index (χ4v) is 1.43. The highest BCUT2D eigenvalue weighted by Crippen LogP contribution is 2.10. The summed E-state index contributed by atoms with van der Waals surface area (Å²) >= 11 is 0. The number of piperazine rings is 1. The quantitative estimate of drug-likeness (QED) is 0.598. The number of nitrogens with zero attached hydrogens (tertiary/aromatic N) is 1. The minimum Gasteiger partial charge on any atom is -0.347 e. The Balaban J connectivity index is 2.38. The summed E-state index contributed by atoms with van der Waals surface area (Å²) in [6, 6.07) is 0. The van der Waals surface area contributed by atoms with Gasteiger partial charge in [-0.15, -0.1) is 0 Å². The maximum Gasteiger partial charge on any atom is 0.311 e. The van der Waals surface area contributed by atoms with E-state index in [0.29, 0.717) is 19.6 Å². The van der Waals surface area contributed by atoms with E-state index in [1.807, 2.05) is 20.8 Å². The molecule has 0 atom stereocenters. The van der Waals surface area contributed by atoms with Gasteiger partial charge in [0.05, 0.1) is 0 Å². The van der Waals surface area contributed by atoms with Crippen LogP contribution in [-0.2, 0) is 9.59 Å². The van der Waals surface area contributed by atoms with Gasteiger partial charge in [-0.25, -0.2) is 0 Å². The van der Waals surface area contributed by atoms with Crippen LogP contribution in [0.2, 0.25) is 0 Å². The lowest BCUT2D eigenvalue weighted by Gasteiger charge is -2.27. The molecule has 0 aliphatic carbocycles. The molecule has 1 saturated heterocycles. The summed E-state index contributed by atoms with van der Waals surface area (Å²) < 4.78 is 0. The van der Waals surface area contributed by atoms with Crippen LogP contribution in [-0.4, -0.2) is 49.4 Å². The van der Waals surface area contributed by atoms with Crippen LogP contribution in [0.25, 0.3) is 0 Å². The summed E-state index contributed by atoms with van der Waals surface area (Å²) in [6.45, 7) is 9.32. The van der Waals surface area contributed by atoms with Gasteiger partial charge in [-0.2, -0.15) is 0 Å². The first kappa shape index (κ1) is 13.0. The van der Waals surface area contributed by atoms with Crippen LogP contribution >= 0.6 is 0 Å². The molecule has 92 valence electrons. The molecule has 1 heterocycles. The molecule has 0 unspecified atom stereocenters. The first-order valence-electron chi connectivity index (χ1n) is 5.68. The monoisotopic (exact) mass is 227 g/mol. The van der Waals surface area contributed by atoms with E-state index < -0.39 is 11.8 Å². The lowest BCUT2D eigenvalue weighted by molar-refractivity contribution is -0.146. The first-order valence-corrected chi connectivity index (χ1v) is 5.68. The summed E-state index contributed by atoms with van der Waals surface area (Å²) in [5, 5.41) is 5.81. The van der Waals surface area contributed by atoms with Gasteiger partial charge in [-0.1, -0.05) is 20.8 Å². The van der Waals surface area contributed by atoms with Gasteiger partial charge in [-0.3, -0.25) is 9.59 Å². The smallest absolute Gasteiger partial charge is 0.311 e. The van der Waals surface area contributed by atoms with Gasteiger partial charge in [0.2, 0.25) is 0 Å². The minimum absolute atomic E-state index is 0.000601. The zero-order valence-electron chi connectivity index (χ0n) is 10.3. The Bertz CT molecular complexity index is 265. The second kappa shape index (κ2) is 5.30. The number of hydrogen-bond acceptors (Lipinski definition) is 3. The van der Waals surface area contributed by atoms with E-state index in [0.717, 1.165) is 13.1 Å². The normalized spacial score (nSPS) is 17.1. The minimum atomic E-state index is -0.489. The molecule has 5 heteroatoms. The largest absolute Gasteiger partial charge is 0.347 e. The van der Waals surface area contributed by atoms with Crippen molar-refractivity contribution in [3.8, 4) is 0 Å². The molecule has 1 fully saturated rings. The zero-order chi connectivity index (χ0) is 12.2. The average molecular weight is 227 g/mol. The molecule has 5 nitrogen and oxygen atoms in total. The fraction of sp³-hybridized carbons (Fsp3) is 0.818. The van der Waals surface area contributed by atoms with Gasteiger partial charge in [0.15, 0.2) is 0 Å². The maximum atomic E-state index is 11.7. The van der Waals surface area contributed by atoms with Crippen molar-refractivity contribution in [2.45, 2.75) is 20.8 Å². The third-order valence-electron chi connectivity index (χ3n) is 2.38. The lowest BCUT2D eigenvalue weighted by Crippen LogP contribution is -2.51. The van der Waals surface area contributed by atoms with Crippen molar-refractivity contribution in [1.82, 2.24) is 15.5 Å². The zero-order valence-corrected chi connectivity index (χ0v) is 10.3. The van der Waals surface area contributed by atoms with Crippen molar-refractivity contribution in [2.75, 3.05) is 32.7 Å². The summed E-state index contributed by atoms with van der Waals surface area (Å²) in [7, 11) is 0. The van der Waals surface area contributed by atoms with Crippen LogP contribution in [0, 0.1) is 5.41 Å². The van der Waals surface area contributed by atoms with E-state index in [4.69, 9.17) is 0 Å². The van der Waals surface area contributed by atoms with Crippen molar-refractivity contribution >= 4 is 11.8 Å². The van der Waals surface area contributed by atoms with Gasteiger partial charge >= 0.3 is 11.8 Å². The summed E-state index contributed by atoms with van der Waals surface area (Å²) in [6.07, 6.45) is 0. The number of amides is 2. The average Bonchev–Trinajstić information content (AvgIpc) is 2.25. The first-order chi connectivity index (χ1) is 7.40. The molecule has 1 rings (SSSR count). The third-order valence-corrected chi connectivity index (χ3v) is 2.38. The molecular formula is C11H21N3O2. The SMILES string of the molecule is CC(C)(C)CNC(=O)C(=O)N1CCNCC1. The van der Waals surface area contributed by atoms with Gasteiger partial charge < -0.3 is 15.5 Å². The summed E-state index contributed by atoms with van der Waals surface area (Å²) in [5.41, 5.74) is -0.000601. The second-order valence-corrected chi connectivity index (χ2v) is 5.29. The molecule has 2 N–H and O–H groups in total. The highest BCUT2D eigenvalue weighted by Gasteiger charge is 2.24. The number of carbonyl (C=O) groups excluding carboxylic acids is 2. The Labute approximate surface area is 96.6 Å². The van der Waals surface area contributed by atoms with E-state index in [1.54, 1.807) is 4.90 Å². The van der Waals surface area contributed by atoms with Gasteiger partial charge in [-0.05, 0) is 5.41 Å². The van der Waals surface area contributed by atoms with Crippen LogP contribution in [0.1, 0.15) is 20.8 Å². The van der Waals surface area contributed by atoms with Crippen LogP contribution < -0.4 is 10.6 Å². The number of rotatable bonds is 1. The van der Waals surface area contributed by atoms with Crippen molar-refractivity contribution < 1.29 is 9.59 Å². The molecule has 0 bridgehead atoms. The molecular weight excluding hydrogens is 206 g/mol. The van der Waals surface area contributed by atoms with Crippen LogP contribution in [0.3, 0.4) is 0 Å². The Morgan fingerprint density at radius 3 is 2.31 bits per heavy atom. The van der Waals surface area contributed by atoms with E-state index in [1.165, 1.54) is 0 Å². The number of carbonyl (C=O) groups is 2. The van der Waals surface area contributed by atoms with Gasteiger partial charge in [0, 0.05) is 32.7 Å². The predicted octanol–water partition coefficient (Wildman–Crippen LogP) is -0.419. The molecule has 0 spiro atoms. The highest BCUT2D eigenvalue weighted by atomic mass is 16.2. The molecule has 2 amide bonds. The molecule has 0 radical (unpaired) electrons. The highest BCUT2D eigenvalue weighted by molar-refractivity contribution is 6.35. The molecule has 1 aliphatic heterocycles. The van der Waals surface area contributed by atoms with E-state index >= 15 is 0 Å². The van der Waals surface area contributed by atoms with Crippen LogP contribution in [0.15, 0.2) is 0 Å². The Morgan fingerprint density at radius 2 is 1.81 bits per heavy atom. The predicted molar refractivity (Wildman–Crippen MR) is 61.9 cm³/mol. The molecule has 0 aromatic heterocycles. The van der Waals surface area contributed by atoms with E-state index in [2.05, 4.69) is 10.6 Å². The second-order valence-electron chi connectivity index (χ2n) is 5.29. The lowest BCUT2D eigenvalue weighted by atomic mass is 9.97. The van der Waals surface area contributed by atoms with E-state index in [-0.39, 0.29) is 5.41 Å². The van der Waals surface area contributed by atoms with Crippen LogP contribution in [0.4, 0.5) is 0 Å². The standard InChI is InChI=1S/C11H21N3O2/c1-11(2,3)8-13-9(15)10(16)14-6-4-12-5-7-14/h12H,4-8H2,1-3H3,(H,13,15). The summed E-state index contributed by atoms with van der Waals surface area (Å²) in [5.74, 6) is -0.900. The summed E-state index contributed by atoms with van der Waals surface area (Å²) in [4.78, 5) is 24.9. The molecule has 0 saturated carbocycles. The van der Waals surface area contributed by atoms with Gasteiger partial charge in [0.25, 0.3) is 0 Å². The molecule has 1 aliphatic rings. The topological polar surface area (TPSA) is 61.4 Å². The fourth-order valence-electron chi connectivity index (χ4n) is 1.43. The number of nitrogens with one attached hydrogen (secondary N) is 2.